The average Bonchev–Trinajstić information content (AvgIpc) is 2.83. The highest BCUT2D eigenvalue weighted by atomic mass is 35.5. The Kier molecular flexibility index (Phi) is 5.37. The Labute approximate surface area is 123 Å². The summed E-state index contributed by atoms with van der Waals surface area (Å²) in [5.41, 5.74) is 2.29. The summed E-state index contributed by atoms with van der Waals surface area (Å²) in [6, 6.07) is 8.27. The molecule has 102 valence electrons. The molecule has 2 rings (SSSR count). The van der Waals surface area contributed by atoms with Crippen LogP contribution < -0.4 is 5.32 Å². The summed E-state index contributed by atoms with van der Waals surface area (Å²) in [7, 11) is 0. The molecule has 1 aromatic carbocycles. The number of nitrogens with zero attached hydrogens (tertiary/aromatic N) is 1. The summed E-state index contributed by atoms with van der Waals surface area (Å²) in [6.07, 6.45) is 1.99. The largest absolute Gasteiger partial charge is 0.308 e. The molecule has 1 aromatic heterocycles. The molecule has 1 atom stereocenters. The number of hydrogen-bond acceptors (Lipinski definition) is 3. The van der Waals surface area contributed by atoms with Gasteiger partial charge in [-0.05, 0) is 37.9 Å². The van der Waals surface area contributed by atoms with Gasteiger partial charge in [0, 0.05) is 10.4 Å². The van der Waals surface area contributed by atoms with Crippen LogP contribution in [0.15, 0.2) is 29.6 Å². The molecule has 1 N–H and O–H groups in total. The second kappa shape index (κ2) is 7.04. The number of aryl methyl sites for hydroxylation is 1. The maximum Gasteiger partial charge on any atom is 0.0898 e. The van der Waals surface area contributed by atoms with Crippen molar-refractivity contribution in [3.05, 3.63) is 50.9 Å². The van der Waals surface area contributed by atoms with E-state index in [9.17, 15) is 0 Å². The predicted octanol–water partition coefficient (Wildman–Crippen LogP) is 4.39. The van der Waals surface area contributed by atoms with Crippen molar-refractivity contribution in [2.45, 2.75) is 32.7 Å². The van der Waals surface area contributed by atoms with Gasteiger partial charge in [-0.15, -0.1) is 11.3 Å². The van der Waals surface area contributed by atoms with Crippen LogP contribution in [0.4, 0.5) is 0 Å². The minimum absolute atomic E-state index is 0.241. The van der Waals surface area contributed by atoms with Crippen LogP contribution in [0.1, 0.15) is 35.7 Å². The van der Waals surface area contributed by atoms with Crippen LogP contribution in [0.5, 0.6) is 0 Å². The first-order chi connectivity index (χ1) is 9.20. The number of aromatic nitrogens is 1. The molecule has 2 aromatic rings. The molecule has 0 amide bonds. The molecule has 1 heterocycles. The van der Waals surface area contributed by atoms with E-state index < -0.39 is 0 Å². The Bertz CT molecular complexity index is 524. The lowest BCUT2D eigenvalue weighted by Gasteiger charge is -2.17. The fourth-order valence-electron chi connectivity index (χ4n) is 2.02. The third-order valence-electron chi connectivity index (χ3n) is 3.02. The summed E-state index contributed by atoms with van der Waals surface area (Å²) < 4.78 is 0. The number of nitrogens with one attached hydrogen (secondary N) is 1. The molecule has 2 nitrogen and oxygen atoms in total. The van der Waals surface area contributed by atoms with Crippen LogP contribution in [0, 0.1) is 6.92 Å². The SMILES string of the molecule is CCCNC(Cc1ccccc1Cl)c1csc(C)n1. The van der Waals surface area contributed by atoms with Crippen molar-refractivity contribution in [3.8, 4) is 0 Å². The van der Waals surface area contributed by atoms with Crippen LogP contribution in [0.3, 0.4) is 0 Å². The quantitative estimate of drug-likeness (QED) is 0.855. The number of thiazole rings is 1. The molecule has 0 spiro atoms. The van der Waals surface area contributed by atoms with Gasteiger partial charge in [0.2, 0.25) is 0 Å². The second-order valence-electron chi connectivity index (χ2n) is 4.59. The highest BCUT2D eigenvalue weighted by Crippen LogP contribution is 2.24. The first-order valence-corrected chi connectivity index (χ1v) is 7.85. The molecule has 0 fully saturated rings. The van der Waals surface area contributed by atoms with Gasteiger partial charge in [0.05, 0.1) is 16.7 Å². The highest BCUT2D eigenvalue weighted by molar-refractivity contribution is 7.09. The van der Waals surface area contributed by atoms with Crippen molar-refractivity contribution >= 4 is 22.9 Å². The molecule has 0 saturated heterocycles. The molecule has 0 bridgehead atoms. The molecule has 0 aliphatic carbocycles. The molecular weight excluding hydrogens is 276 g/mol. The van der Waals surface area contributed by atoms with E-state index in [1.165, 1.54) is 5.56 Å². The molecule has 0 saturated carbocycles. The Hall–Kier alpha value is -0.900. The standard InChI is InChI=1S/C15H19ClN2S/c1-3-8-17-14(15-10-19-11(2)18-15)9-12-6-4-5-7-13(12)16/h4-7,10,14,17H,3,8-9H2,1-2H3. The summed E-state index contributed by atoms with van der Waals surface area (Å²) in [6.45, 7) is 5.21. The van der Waals surface area contributed by atoms with Crippen molar-refractivity contribution in [2.24, 2.45) is 0 Å². The third kappa shape index (κ3) is 4.03. The zero-order valence-electron chi connectivity index (χ0n) is 11.3. The van der Waals surface area contributed by atoms with Gasteiger partial charge in [0.25, 0.3) is 0 Å². The molecular formula is C15H19ClN2S. The minimum atomic E-state index is 0.241. The van der Waals surface area contributed by atoms with Gasteiger partial charge < -0.3 is 5.32 Å². The number of halogens is 1. The topological polar surface area (TPSA) is 24.9 Å². The lowest BCUT2D eigenvalue weighted by molar-refractivity contribution is 0.519. The van der Waals surface area contributed by atoms with Gasteiger partial charge in [0.1, 0.15) is 0 Å². The van der Waals surface area contributed by atoms with Gasteiger partial charge >= 0.3 is 0 Å². The summed E-state index contributed by atoms with van der Waals surface area (Å²) in [5, 5.41) is 7.64. The van der Waals surface area contributed by atoms with Crippen LogP contribution in [0.25, 0.3) is 0 Å². The van der Waals surface area contributed by atoms with E-state index in [1.807, 2.05) is 25.1 Å². The van der Waals surface area contributed by atoms with Crippen molar-refractivity contribution in [2.75, 3.05) is 6.54 Å². The molecule has 19 heavy (non-hydrogen) atoms. The maximum atomic E-state index is 6.25. The predicted molar refractivity (Wildman–Crippen MR) is 83.0 cm³/mol. The molecule has 4 heteroatoms. The Morgan fingerprint density at radius 2 is 2.16 bits per heavy atom. The Balaban J connectivity index is 2.16. The maximum absolute atomic E-state index is 6.25. The van der Waals surface area contributed by atoms with E-state index in [0.717, 1.165) is 35.1 Å². The average molecular weight is 295 g/mol. The second-order valence-corrected chi connectivity index (χ2v) is 6.06. The van der Waals surface area contributed by atoms with Gasteiger partial charge in [-0.25, -0.2) is 4.98 Å². The van der Waals surface area contributed by atoms with Crippen LogP contribution in [0.2, 0.25) is 5.02 Å². The van der Waals surface area contributed by atoms with E-state index in [0.29, 0.717) is 0 Å². The van der Waals surface area contributed by atoms with Gasteiger partial charge in [0.15, 0.2) is 0 Å². The van der Waals surface area contributed by atoms with Crippen LogP contribution >= 0.6 is 22.9 Å². The fraction of sp³-hybridized carbons (Fsp3) is 0.400. The van der Waals surface area contributed by atoms with Crippen LogP contribution in [-0.2, 0) is 6.42 Å². The summed E-state index contributed by atoms with van der Waals surface area (Å²) in [4.78, 5) is 4.60. The van der Waals surface area contributed by atoms with Gasteiger partial charge in [-0.1, -0.05) is 36.7 Å². The van der Waals surface area contributed by atoms with Crippen LogP contribution in [-0.4, -0.2) is 11.5 Å². The Morgan fingerprint density at radius 1 is 1.37 bits per heavy atom. The van der Waals surface area contributed by atoms with Gasteiger partial charge in [-0.2, -0.15) is 0 Å². The molecule has 0 aliphatic heterocycles. The minimum Gasteiger partial charge on any atom is -0.308 e. The van der Waals surface area contributed by atoms with E-state index in [-0.39, 0.29) is 6.04 Å². The van der Waals surface area contributed by atoms with Crippen molar-refractivity contribution in [1.29, 1.82) is 0 Å². The molecule has 0 radical (unpaired) electrons. The van der Waals surface area contributed by atoms with Crippen molar-refractivity contribution in [3.63, 3.8) is 0 Å². The monoisotopic (exact) mass is 294 g/mol. The number of rotatable bonds is 6. The normalized spacial score (nSPS) is 12.6. The van der Waals surface area contributed by atoms with Crippen molar-refractivity contribution in [1.82, 2.24) is 10.3 Å². The first kappa shape index (κ1) is 14.5. The van der Waals surface area contributed by atoms with E-state index in [4.69, 9.17) is 11.6 Å². The third-order valence-corrected chi connectivity index (χ3v) is 4.18. The van der Waals surface area contributed by atoms with E-state index in [2.05, 4.69) is 28.7 Å². The summed E-state index contributed by atoms with van der Waals surface area (Å²) in [5.74, 6) is 0. The fourth-order valence-corrected chi connectivity index (χ4v) is 2.90. The lowest BCUT2D eigenvalue weighted by atomic mass is 10.0. The lowest BCUT2D eigenvalue weighted by Crippen LogP contribution is -2.24. The zero-order valence-corrected chi connectivity index (χ0v) is 12.9. The zero-order chi connectivity index (χ0) is 13.7. The van der Waals surface area contributed by atoms with Gasteiger partial charge in [-0.3, -0.25) is 0 Å². The number of benzene rings is 1. The Morgan fingerprint density at radius 3 is 2.79 bits per heavy atom. The highest BCUT2D eigenvalue weighted by Gasteiger charge is 2.15. The summed E-state index contributed by atoms with van der Waals surface area (Å²) >= 11 is 7.95. The smallest absolute Gasteiger partial charge is 0.0898 e. The first-order valence-electron chi connectivity index (χ1n) is 6.59. The molecule has 1 unspecified atom stereocenters. The molecule has 0 aliphatic rings. The van der Waals surface area contributed by atoms with E-state index in [1.54, 1.807) is 11.3 Å². The van der Waals surface area contributed by atoms with E-state index >= 15 is 0 Å². The number of hydrogen-bond donors (Lipinski definition) is 1. The van der Waals surface area contributed by atoms with Crippen molar-refractivity contribution < 1.29 is 0 Å².